The first-order valence-electron chi connectivity index (χ1n) is 13.0. The van der Waals surface area contributed by atoms with Crippen molar-refractivity contribution in [3.8, 4) is 0 Å². The van der Waals surface area contributed by atoms with Crippen LogP contribution in [0.25, 0.3) is 10.9 Å². The van der Waals surface area contributed by atoms with Gasteiger partial charge in [0.15, 0.2) is 0 Å². The first kappa shape index (κ1) is 28.0. The Kier molecular flexibility index (Phi) is 8.97. The molecular weight excluding hydrogens is 556 g/mol. The Labute approximate surface area is 229 Å². The number of piperidine rings is 1. The third-order valence-electron chi connectivity index (χ3n) is 7.40. The van der Waals surface area contributed by atoms with Crippen LogP contribution < -0.4 is 10.2 Å². The number of nitrogens with zero attached hydrogens (tertiary/aromatic N) is 2. The van der Waals surface area contributed by atoms with Crippen LogP contribution >= 0.6 is 15.9 Å². The third kappa shape index (κ3) is 6.31. The fourth-order valence-corrected chi connectivity index (χ4v) is 5.67. The number of anilines is 1. The lowest BCUT2D eigenvalue weighted by molar-refractivity contribution is -0.137. The minimum absolute atomic E-state index is 0.0410. The highest BCUT2D eigenvalue weighted by Gasteiger charge is 2.26. The Morgan fingerprint density at radius 2 is 2.03 bits per heavy atom. The molecule has 2 atom stereocenters. The van der Waals surface area contributed by atoms with E-state index in [1.165, 1.54) is 6.42 Å². The normalized spacial score (nSPS) is 16.4. The van der Waals surface area contributed by atoms with Crippen LogP contribution in [0.1, 0.15) is 66.4 Å². The number of carboxylic acids is 1. The van der Waals surface area contributed by atoms with E-state index < -0.39 is 23.5 Å². The number of carbonyl (C=O) groups excluding carboxylic acids is 1. The molecule has 1 aliphatic rings. The van der Waals surface area contributed by atoms with Crippen LogP contribution in [0.4, 0.5) is 14.6 Å². The second-order valence-electron chi connectivity index (χ2n) is 9.96. The second-order valence-corrected chi connectivity index (χ2v) is 10.9. The topological polar surface area (TPSA) is 82.5 Å². The lowest BCUT2D eigenvalue weighted by atomic mass is 9.93. The molecule has 38 heavy (non-hydrogen) atoms. The highest BCUT2D eigenvalue weighted by atomic mass is 79.9. The standard InChI is InChI=1S/C29H32BrF2N3O3/c1-3-18-5-4-12-35(16-18)28-17(2)27(23-13-20(30)7-10-25(23)34-28)29(38)33-15-19(6-11-26(36)37)22-14-21(31)8-9-24(22)32/h7-10,13-14,18-19H,3-6,11-12,15-16H2,1-2H3,(H,33,38)(H,36,37)/t18-,19+/m0/s1. The molecule has 1 aromatic heterocycles. The minimum atomic E-state index is -1.05. The summed E-state index contributed by atoms with van der Waals surface area (Å²) in [5.41, 5.74) is 1.96. The summed E-state index contributed by atoms with van der Waals surface area (Å²) in [5.74, 6) is -2.03. The lowest BCUT2D eigenvalue weighted by Crippen LogP contribution is -2.37. The third-order valence-corrected chi connectivity index (χ3v) is 7.89. The number of rotatable bonds is 9. The number of carboxylic acid groups (broad SMARTS) is 1. The zero-order valence-electron chi connectivity index (χ0n) is 21.6. The fourth-order valence-electron chi connectivity index (χ4n) is 5.31. The van der Waals surface area contributed by atoms with Gasteiger partial charge in [0.1, 0.15) is 17.5 Å². The second kappa shape index (κ2) is 12.2. The number of benzene rings is 2. The van der Waals surface area contributed by atoms with E-state index in [4.69, 9.17) is 4.98 Å². The molecule has 6 nitrogen and oxygen atoms in total. The molecule has 0 aliphatic carbocycles. The summed E-state index contributed by atoms with van der Waals surface area (Å²) in [6.07, 6.45) is 3.13. The van der Waals surface area contributed by atoms with E-state index in [9.17, 15) is 23.5 Å². The molecule has 1 aliphatic heterocycles. The summed E-state index contributed by atoms with van der Waals surface area (Å²) in [6, 6.07) is 8.71. The van der Waals surface area contributed by atoms with Crippen molar-refractivity contribution in [1.29, 1.82) is 0 Å². The molecule has 1 amide bonds. The highest BCUT2D eigenvalue weighted by Crippen LogP contribution is 2.33. The average Bonchev–Trinajstić information content (AvgIpc) is 2.89. The van der Waals surface area contributed by atoms with Crippen LogP contribution in [0.15, 0.2) is 40.9 Å². The van der Waals surface area contributed by atoms with Gasteiger partial charge in [0, 0.05) is 47.4 Å². The largest absolute Gasteiger partial charge is 0.481 e. The molecule has 2 N–H and O–H groups in total. The number of hydrogen-bond acceptors (Lipinski definition) is 4. The quantitative estimate of drug-likeness (QED) is 0.295. The van der Waals surface area contributed by atoms with Gasteiger partial charge in [-0.3, -0.25) is 9.59 Å². The van der Waals surface area contributed by atoms with E-state index in [0.717, 1.165) is 60.0 Å². The average molecular weight is 588 g/mol. The van der Waals surface area contributed by atoms with Crippen molar-refractivity contribution in [1.82, 2.24) is 10.3 Å². The molecule has 0 saturated carbocycles. The van der Waals surface area contributed by atoms with Crippen LogP contribution in [-0.2, 0) is 4.79 Å². The number of nitrogens with one attached hydrogen (secondary N) is 1. The van der Waals surface area contributed by atoms with Gasteiger partial charge in [-0.25, -0.2) is 13.8 Å². The Hall–Kier alpha value is -3.07. The minimum Gasteiger partial charge on any atom is -0.481 e. The van der Waals surface area contributed by atoms with Gasteiger partial charge in [-0.1, -0.05) is 29.3 Å². The van der Waals surface area contributed by atoms with Gasteiger partial charge < -0.3 is 15.3 Å². The summed E-state index contributed by atoms with van der Waals surface area (Å²) in [5, 5.41) is 12.8. The molecule has 0 unspecified atom stereocenters. The van der Waals surface area contributed by atoms with Crippen LogP contribution in [0.5, 0.6) is 0 Å². The molecule has 202 valence electrons. The molecule has 4 rings (SSSR count). The fraction of sp³-hybridized carbons (Fsp3) is 0.414. The zero-order chi connectivity index (χ0) is 27.4. The van der Waals surface area contributed by atoms with Crippen molar-refractivity contribution in [2.75, 3.05) is 24.5 Å². The van der Waals surface area contributed by atoms with E-state index in [1.807, 2.05) is 25.1 Å². The summed E-state index contributed by atoms with van der Waals surface area (Å²) in [7, 11) is 0. The van der Waals surface area contributed by atoms with Crippen molar-refractivity contribution in [3.63, 3.8) is 0 Å². The molecular formula is C29H32BrF2N3O3. The Morgan fingerprint density at radius 1 is 1.24 bits per heavy atom. The van der Waals surface area contributed by atoms with Gasteiger partial charge in [0.05, 0.1) is 11.1 Å². The molecule has 2 aromatic carbocycles. The SMILES string of the molecule is CC[C@H]1CCCN(c2nc3ccc(Br)cc3c(C(=O)NC[C@@H](CCC(=O)O)c3cc(F)ccc3F)c2C)C1. The van der Waals surface area contributed by atoms with E-state index in [2.05, 4.69) is 33.1 Å². The molecule has 0 radical (unpaired) electrons. The van der Waals surface area contributed by atoms with Gasteiger partial charge in [0.25, 0.3) is 5.91 Å². The molecule has 2 heterocycles. The molecule has 0 bridgehead atoms. The number of halogens is 3. The van der Waals surface area contributed by atoms with Gasteiger partial charge in [-0.05, 0) is 74.1 Å². The number of hydrogen-bond donors (Lipinski definition) is 2. The molecule has 0 spiro atoms. The summed E-state index contributed by atoms with van der Waals surface area (Å²) >= 11 is 3.49. The summed E-state index contributed by atoms with van der Waals surface area (Å²) in [4.78, 5) is 32.1. The van der Waals surface area contributed by atoms with Crippen LogP contribution in [0.3, 0.4) is 0 Å². The van der Waals surface area contributed by atoms with E-state index >= 15 is 0 Å². The zero-order valence-corrected chi connectivity index (χ0v) is 23.2. The first-order valence-corrected chi connectivity index (χ1v) is 13.8. The maximum atomic E-state index is 14.6. The number of aromatic nitrogens is 1. The number of amides is 1. The number of fused-ring (bicyclic) bond motifs is 1. The van der Waals surface area contributed by atoms with Gasteiger partial charge >= 0.3 is 5.97 Å². The van der Waals surface area contributed by atoms with Crippen molar-refractivity contribution < 1.29 is 23.5 Å². The van der Waals surface area contributed by atoms with E-state index in [1.54, 1.807) is 0 Å². The Balaban J connectivity index is 1.68. The predicted molar refractivity (Wildman–Crippen MR) is 148 cm³/mol. The highest BCUT2D eigenvalue weighted by molar-refractivity contribution is 9.10. The molecule has 1 saturated heterocycles. The van der Waals surface area contributed by atoms with Gasteiger partial charge in [0.2, 0.25) is 0 Å². The number of aliphatic carboxylic acids is 1. The number of pyridine rings is 1. The first-order chi connectivity index (χ1) is 18.2. The van der Waals surface area contributed by atoms with Crippen LogP contribution in [0.2, 0.25) is 0 Å². The smallest absolute Gasteiger partial charge is 0.303 e. The van der Waals surface area contributed by atoms with Crippen molar-refractivity contribution in [3.05, 3.63) is 69.2 Å². The summed E-state index contributed by atoms with van der Waals surface area (Å²) < 4.78 is 29.3. The van der Waals surface area contributed by atoms with Crippen LogP contribution in [0, 0.1) is 24.5 Å². The maximum Gasteiger partial charge on any atom is 0.303 e. The lowest BCUT2D eigenvalue weighted by Gasteiger charge is -2.34. The Morgan fingerprint density at radius 3 is 2.76 bits per heavy atom. The number of carbonyl (C=O) groups is 2. The molecule has 1 fully saturated rings. The van der Waals surface area contributed by atoms with Crippen molar-refractivity contribution >= 4 is 44.5 Å². The molecule has 9 heteroatoms. The predicted octanol–water partition coefficient (Wildman–Crippen LogP) is 6.59. The van der Waals surface area contributed by atoms with E-state index in [-0.39, 0.29) is 30.9 Å². The Bertz CT molecular complexity index is 1350. The summed E-state index contributed by atoms with van der Waals surface area (Å²) in [6.45, 7) is 5.78. The van der Waals surface area contributed by atoms with E-state index in [0.29, 0.717) is 22.4 Å². The monoisotopic (exact) mass is 587 g/mol. The molecule has 3 aromatic rings. The van der Waals surface area contributed by atoms with Gasteiger partial charge in [-0.2, -0.15) is 0 Å². The van der Waals surface area contributed by atoms with Crippen molar-refractivity contribution in [2.45, 2.75) is 51.9 Å². The maximum absolute atomic E-state index is 14.6. The van der Waals surface area contributed by atoms with Crippen LogP contribution in [-0.4, -0.2) is 41.6 Å². The van der Waals surface area contributed by atoms with Gasteiger partial charge in [-0.15, -0.1) is 0 Å². The van der Waals surface area contributed by atoms with Crippen molar-refractivity contribution in [2.24, 2.45) is 5.92 Å².